The van der Waals surface area contributed by atoms with Crippen LogP contribution in [0.3, 0.4) is 0 Å². The summed E-state index contributed by atoms with van der Waals surface area (Å²) >= 11 is 0. The number of anilines is 1. The molecule has 30 heavy (non-hydrogen) atoms. The van der Waals surface area contributed by atoms with Gasteiger partial charge in [-0.1, -0.05) is 0 Å². The van der Waals surface area contributed by atoms with Crippen molar-refractivity contribution in [1.29, 1.82) is 0 Å². The van der Waals surface area contributed by atoms with Crippen molar-refractivity contribution in [1.82, 2.24) is 34.5 Å². The van der Waals surface area contributed by atoms with Crippen LogP contribution in [0, 0.1) is 0 Å². The van der Waals surface area contributed by atoms with Crippen LogP contribution in [0.5, 0.6) is 0 Å². The third-order valence-corrected chi connectivity index (χ3v) is 5.45. The van der Waals surface area contributed by atoms with Crippen LogP contribution in [-0.4, -0.2) is 47.1 Å². The van der Waals surface area contributed by atoms with Crippen LogP contribution >= 0.6 is 0 Å². The second kappa shape index (κ2) is 7.21. The number of fused-ring (bicyclic) bond motifs is 1. The fourth-order valence-corrected chi connectivity index (χ4v) is 3.91. The maximum Gasteiger partial charge on any atom is 0.266 e. The van der Waals surface area contributed by atoms with Gasteiger partial charge in [0.15, 0.2) is 5.65 Å². The lowest BCUT2D eigenvalue weighted by Gasteiger charge is -2.25. The third kappa shape index (κ3) is 3.15. The number of pyridine rings is 1. The van der Waals surface area contributed by atoms with E-state index in [1.54, 1.807) is 30.2 Å². The van der Waals surface area contributed by atoms with Gasteiger partial charge < -0.3 is 4.90 Å². The summed E-state index contributed by atoms with van der Waals surface area (Å²) in [5.41, 5.74) is 1.69. The van der Waals surface area contributed by atoms with Crippen LogP contribution in [0.1, 0.15) is 12.8 Å². The minimum atomic E-state index is -0.220. The maximum absolute atomic E-state index is 12.5. The highest BCUT2D eigenvalue weighted by Gasteiger charge is 2.28. The Bertz CT molecular complexity index is 1320. The molecule has 0 radical (unpaired) electrons. The average Bonchev–Trinajstić information content (AvgIpc) is 3.37. The van der Waals surface area contributed by atoms with Gasteiger partial charge in [0.2, 0.25) is 5.95 Å². The smallest absolute Gasteiger partial charge is 0.266 e. The summed E-state index contributed by atoms with van der Waals surface area (Å²) in [4.78, 5) is 38.5. The SMILES string of the molecule is Cn1ncc2c(=O)[nH]c(N3CCCC3Cn3nc(-c4cccnc4)ccc3=O)nc21. The Balaban J connectivity index is 1.47. The molecule has 4 aromatic rings. The predicted molar refractivity (Wildman–Crippen MR) is 111 cm³/mol. The molecule has 1 fully saturated rings. The third-order valence-electron chi connectivity index (χ3n) is 5.45. The summed E-state index contributed by atoms with van der Waals surface area (Å²) in [6, 6.07) is 6.97. The van der Waals surface area contributed by atoms with Crippen LogP contribution in [0.15, 0.2) is 52.4 Å². The van der Waals surface area contributed by atoms with Crippen LogP contribution in [0.2, 0.25) is 0 Å². The molecule has 0 bridgehead atoms. The fraction of sp³-hybridized carbons (Fsp3) is 0.300. The van der Waals surface area contributed by atoms with Gasteiger partial charge in [-0.05, 0) is 31.0 Å². The fourth-order valence-electron chi connectivity index (χ4n) is 3.91. The largest absolute Gasteiger partial charge is 0.337 e. The Labute approximate surface area is 170 Å². The molecule has 5 heterocycles. The number of rotatable bonds is 4. The number of nitrogens with zero attached hydrogens (tertiary/aromatic N) is 7. The Hall–Kier alpha value is -3.82. The second-order valence-corrected chi connectivity index (χ2v) is 7.37. The zero-order chi connectivity index (χ0) is 20.7. The van der Waals surface area contributed by atoms with E-state index in [-0.39, 0.29) is 17.2 Å². The molecular formula is C20H20N8O2. The van der Waals surface area contributed by atoms with Gasteiger partial charge in [-0.2, -0.15) is 15.2 Å². The quantitative estimate of drug-likeness (QED) is 0.538. The Kier molecular flexibility index (Phi) is 4.38. The molecule has 10 nitrogen and oxygen atoms in total. The molecule has 1 N–H and O–H groups in total. The lowest BCUT2D eigenvalue weighted by molar-refractivity contribution is 0.487. The van der Waals surface area contributed by atoms with E-state index in [0.29, 0.717) is 29.2 Å². The molecule has 1 atom stereocenters. The van der Waals surface area contributed by atoms with Crippen LogP contribution in [-0.2, 0) is 13.6 Å². The predicted octanol–water partition coefficient (Wildman–Crippen LogP) is 0.944. The van der Waals surface area contributed by atoms with Crippen molar-refractivity contribution in [2.45, 2.75) is 25.4 Å². The highest BCUT2D eigenvalue weighted by molar-refractivity contribution is 5.74. The lowest BCUT2D eigenvalue weighted by atomic mass is 10.2. The van der Waals surface area contributed by atoms with Crippen LogP contribution < -0.4 is 16.0 Å². The van der Waals surface area contributed by atoms with Gasteiger partial charge in [0, 0.05) is 37.6 Å². The topological polar surface area (TPSA) is 115 Å². The lowest BCUT2D eigenvalue weighted by Crippen LogP contribution is -2.38. The molecule has 5 rings (SSSR count). The molecule has 0 aliphatic carbocycles. The van der Waals surface area contributed by atoms with Gasteiger partial charge in [-0.3, -0.25) is 24.2 Å². The minimum absolute atomic E-state index is 0.00632. The van der Waals surface area contributed by atoms with Gasteiger partial charge in [0.05, 0.1) is 24.5 Å². The van der Waals surface area contributed by atoms with Gasteiger partial charge in [-0.15, -0.1) is 0 Å². The van der Waals surface area contributed by atoms with E-state index in [1.165, 1.54) is 16.9 Å². The number of hydrogen-bond acceptors (Lipinski definition) is 7. The zero-order valence-electron chi connectivity index (χ0n) is 16.4. The molecule has 1 aliphatic heterocycles. The van der Waals surface area contributed by atoms with E-state index in [2.05, 4.69) is 25.1 Å². The highest BCUT2D eigenvalue weighted by Crippen LogP contribution is 2.24. The van der Waals surface area contributed by atoms with E-state index in [1.807, 2.05) is 17.0 Å². The molecular weight excluding hydrogens is 384 g/mol. The molecule has 1 aliphatic rings. The average molecular weight is 404 g/mol. The van der Waals surface area contributed by atoms with Crippen molar-refractivity contribution in [3.05, 3.63) is 63.6 Å². The number of hydrogen-bond donors (Lipinski definition) is 1. The number of H-pyrrole nitrogens is 1. The van der Waals surface area contributed by atoms with Crippen molar-refractivity contribution < 1.29 is 0 Å². The number of aromatic nitrogens is 7. The monoisotopic (exact) mass is 404 g/mol. The second-order valence-electron chi connectivity index (χ2n) is 7.37. The van der Waals surface area contributed by atoms with Gasteiger partial charge in [0.1, 0.15) is 5.39 Å². The molecule has 0 amide bonds. The van der Waals surface area contributed by atoms with Gasteiger partial charge >= 0.3 is 0 Å². The van der Waals surface area contributed by atoms with E-state index >= 15 is 0 Å². The summed E-state index contributed by atoms with van der Waals surface area (Å²) in [5.74, 6) is 0.495. The van der Waals surface area contributed by atoms with Crippen molar-refractivity contribution in [2.75, 3.05) is 11.4 Å². The molecule has 10 heteroatoms. The molecule has 152 valence electrons. The van der Waals surface area contributed by atoms with Crippen molar-refractivity contribution in [2.24, 2.45) is 7.05 Å². The van der Waals surface area contributed by atoms with Crippen molar-refractivity contribution >= 4 is 17.0 Å². The first-order valence-electron chi connectivity index (χ1n) is 9.77. The van der Waals surface area contributed by atoms with Crippen molar-refractivity contribution in [3.8, 4) is 11.3 Å². The molecule has 4 aromatic heterocycles. The molecule has 0 saturated carbocycles. The first-order valence-corrected chi connectivity index (χ1v) is 9.77. The summed E-state index contributed by atoms with van der Waals surface area (Å²) < 4.78 is 3.06. The molecule has 1 unspecified atom stereocenters. The first-order chi connectivity index (χ1) is 14.6. The van der Waals surface area contributed by atoms with Crippen LogP contribution in [0.4, 0.5) is 5.95 Å². The zero-order valence-corrected chi connectivity index (χ0v) is 16.4. The Morgan fingerprint density at radius 2 is 2.10 bits per heavy atom. The van der Waals surface area contributed by atoms with E-state index in [0.717, 1.165) is 24.9 Å². The van der Waals surface area contributed by atoms with Crippen LogP contribution in [0.25, 0.3) is 22.3 Å². The summed E-state index contributed by atoms with van der Waals surface area (Å²) in [7, 11) is 1.76. The Morgan fingerprint density at radius 1 is 1.20 bits per heavy atom. The van der Waals surface area contributed by atoms with E-state index in [9.17, 15) is 9.59 Å². The highest BCUT2D eigenvalue weighted by atomic mass is 16.1. The summed E-state index contributed by atoms with van der Waals surface area (Å²) in [6.07, 6.45) is 6.74. The normalized spacial score (nSPS) is 16.4. The summed E-state index contributed by atoms with van der Waals surface area (Å²) in [6.45, 7) is 1.15. The molecule has 0 aromatic carbocycles. The van der Waals surface area contributed by atoms with E-state index < -0.39 is 0 Å². The van der Waals surface area contributed by atoms with Gasteiger partial charge in [-0.25, -0.2) is 4.68 Å². The van der Waals surface area contributed by atoms with E-state index in [4.69, 9.17) is 0 Å². The number of aryl methyl sites for hydroxylation is 1. The number of nitrogens with one attached hydrogen (secondary N) is 1. The van der Waals surface area contributed by atoms with Crippen molar-refractivity contribution in [3.63, 3.8) is 0 Å². The number of aromatic amines is 1. The Morgan fingerprint density at radius 3 is 2.93 bits per heavy atom. The summed E-state index contributed by atoms with van der Waals surface area (Å²) in [5, 5.41) is 9.11. The standard InChI is InChI=1S/C20H20N8O2/c1-26-18-15(11-22-26)19(30)24-20(23-18)27-9-3-5-14(27)12-28-17(29)7-6-16(25-28)13-4-2-8-21-10-13/h2,4,6-8,10-11,14H,3,5,9,12H2,1H3,(H,23,24,30). The molecule has 0 spiro atoms. The first kappa shape index (κ1) is 18.2. The molecule has 1 saturated heterocycles. The minimum Gasteiger partial charge on any atom is -0.337 e. The maximum atomic E-state index is 12.5. The van der Waals surface area contributed by atoms with Gasteiger partial charge in [0.25, 0.3) is 11.1 Å².